The molecule has 6 nitrogen and oxygen atoms in total. The van der Waals surface area contributed by atoms with Crippen molar-refractivity contribution < 1.29 is 4.79 Å². The topological polar surface area (TPSA) is 96.7 Å². The minimum Gasteiger partial charge on any atom is -0.377 e. The Morgan fingerprint density at radius 2 is 2.00 bits per heavy atom. The SMILES string of the molecule is NC(=O)c1cnccc1NCc1ncc(-c2ccccc2)[nH]1. The number of nitrogens with zero attached hydrogens (tertiary/aromatic N) is 2. The van der Waals surface area contributed by atoms with Gasteiger partial charge < -0.3 is 16.0 Å². The van der Waals surface area contributed by atoms with Crippen molar-refractivity contribution in [2.75, 3.05) is 5.32 Å². The van der Waals surface area contributed by atoms with Gasteiger partial charge in [0.05, 0.1) is 29.7 Å². The van der Waals surface area contributed by atoms with Crippen LogP contribution in [0.5, 0.6) is 0 Å². The van der Waals surface area contributed by atoms with E-state index in [0.29, 0.717) is 17.8 Å². The van der Waals surface area contributed by atoms with Gasteiger partial charge in [-0.2, -0.15) is 0 Å². The third-order valence-corrected chi connectivity index (χ3v) is 3.25. The molecule has 0 radical (unpaired) electrons. The molecule has 1 amide bonds. The minimum atomic E-state index is -0.514. The normalized spacial score (nSPS) is 10.4. The number of aromatic nitrogens is 3. The summed E-state index contributed by atoms with van der Waals surface area (Å²) in [6.07, 6.45) is 4.84. The summed E-state index contributed by atoms with van der Waals surface area (Å²) >= 11 is 0. The van der Waals surface area contributed by atoms with Gasteiger partial charge in [-0.3, -0.25) is 9.78 Å². The number of pyridine rings is 1. The summed E-state index contributed by atoms with van der Waals surface area (Å²) in [5.74, 6) is 0.256. The summed E-state index contributed by atoms with van der Waals surface area (Å²) in [6.45, 7) is 0.455. The van der Waals surface area contributed by atoms with Gasteiger partial charge in [-0.05, 0) is 11.6 Å². The Hall–Kier alpha value is -3.15. The van der Waals surface area contributed by atoms with Crippen LogP contribution in [0.3, 0.4) is 0 Å². The molecule has 6 heteroatoms. The van der Waals surface area contributed by atoms with E-state index >= 15 is 0 Å². The number of imidazole rings is 1. The minimum absolute atomic E-state index is 0.359. The third-order valence-electron chi connectivity index (χ3n) is 3.25. The monoisotopic (exact) mass is 293 g/mol. The fourth-order valence-corrected chi connectivity index (χ4v) is 2.14. The van der Waals surface area contributed by atoms with Gasteiger partial charge in [0.15, 0.2) is 0 Å². The highest BCUT2D eigenvalue weighted by atomic mass is 16.1. The molecule has 4 N–H and O–H groups in total. The van der Waals surface area contributed by atoms with Crippen LogP contribution in [-0.4, -0.2) is 20.9 Å². The van der Waals surface area contributed by atoms with E-state index in [9.17, 15) is 4.79 Å². The number of amides is 1. The summed E-state index contributed by atoms with van der Waals surface area (Å²) in [5, 5.41) is 3.14. The highest BCUT2D eigenvalue weighted by Gasteiger charge is 2.08. The molecule has 0 bridgehead atoms. The molecule has 2 aromatic heterocycles. The van der Waals surface area contributed by atoms with Crippen molar-refractivity contribution >= 4 is 11.6 Å². The van der Waals surface area contributed by atoms with Crippen molar-refractivity contribution in [3.63, 3.8) is 0 Å². The number of carbonyl (C=O) groups is 1. The van der Waals surface area contributed by atoms with Crippen molar-refractivity contribution in [2.24, 2.45) is 5.73 Å². The molecule has 0 saturated carbocycles. The number of aromatic amines is 1. The third kappa shape index (κ3) is 2.95. The number of H-pyrrole nitrogens is 1. The van der Waals surface area contributed by atoms with Gasteiger partial charge >= 0.3 is 0 Å². The van der Waals surface area contributed by atoms with Crippen LogP contribution in [0.1, 0.15) is 16.2 Å². The average Bonchev–Trinajstić information content (AvgIpc) is 3.03. The maximum atomic E-state index is 11.3. The van der Waals surface area contributed by atoms with Gasteiger partial charge in [-0.1, -0.05) is 30.3 Å². The Balaban J connectivity index is 1.73. The lowest BCUT2D eigenvalue weighted by Crippen LogP contribution is -2.15. The van der Waals surface area contributed by atoms with E-state index in [1.165, 1.54) is 6.20 Å². The largest absolute Gasteiger partial charge is 0.377 e. The van der Waals surface area contributed by atoms with E-state index in [1.54, 1.807) is 18.5 Å². The van der Waals surface area contributed by atoms with Crippen LogP contribution in [-0.2, 0) is 6.54 Å². The number of carbonyl (C=O) groups excluding carboxylic acids is 1. The number of hydrogen-bond donors (Lipinski definition) is 3. The number of hydrogen-bond acceptors (Lipinski definition) is 4. The molecule has 22 heavy (non-hydrogen) atoms. The lowest BCUT2D eigenvalue weighted by molar-refractivity contribution is 0.100. The number of anilines is 1. The molecular weight excluding hydrogens is 278 g/mol. The van der Waals surface area contributed by atoms with Crippen LogP contribution in [0.4, 0.5) is 5.69 Å². The quantitative estimate of drug-likeness (QED) is 0.671. The molecule has 0 aliphatic heterocycles. The predicted octanol–water partition coefficient (Wildman–Crippen LogP) is 2.18. The Bertz CT molecular complexity index is 782. The Morgan fingerprint density at radius 1 is 1.18 bits per heavy atom. The van der Waals surface area contributed by atoms with Crippen LogP contribution in [0.25, 0.3) is 11.3 Å². The van der Waals surface area contributed by atoms with Crippen molar-refractivity contribution in [3.8, 4) is 11.3 Å². The molecule has 0 aliphatic carbocycles. The van der Waals surface area contributed by atoms with Gasteiger partial charge in [0.2, 0.25) is 0 Å². The van der Waals surface area contributed by atoms with Gasteiger partial charge in [0.1, 0.15) is 5.82 Å². The molecule has 0 fully saturated rings. The zero-order chi connectivity index (χ0) is 15.4. The molecule has 0 unspecified atom stereocenters. The first-order chi connectivity index (χ1) is 10.7. The van der Waals surface area contributed by atoms with E-state index < -0.39 is 5.91 Å². The molecule has 0 spiro atoms. The fourth-order valence-electron chi connectivity index (χ4n) is 2.14. The zero-order valence-electron chi connectivity index (χ0n) is 11.8. The van der Waals surface area contributed by atoms with E-state index in [2.05, 4.69) is 20.3 Å². The first kappa shape index (κ1) is 13.8. The summed E-state index contributed by atoms with van der Waals surface area (Å²) in [4.78, 5) is 22.8. The summed E-state index contributed by atoms with van der Waals surface area (Å²) in [7, 11) is 0. The molecule has 3 aromatic rings. The predicted molar refractivity (Wildman–Crippen MR) is 84.1 cm³/mol. The first-order valence-corrected chi connectivity index (χ1v) is 6.81. The van der Waals surface area contributed by atoms with Gasteiger partial charge in [0, 0.05) is 12.4 Å². The highest BCUT2D eigenvalue weighted by molar-refractivity contribution is 5.98. The maximum absolute atomic E-state index is 11.3. The van der Waals surface area contributed by atoms with E-state index in [1.807, 2.05) is 30.3 Å². The summed E-state index contributed by atoms with van der Waals surface area (Å²) in [5.41, 5.74) is 8.34. The van der Waals surface area contributed by atoms with Gasteiger partial charge in [-0.25, -0.2) is 4.98 Å². The molecular formula is C16H15N5O. The Morgan fingerprint density at radius 3 is 2.77 bits per heavy atom. The molecule has 110 valence electrons. The molecule has 0 saturated heterocycles. The van der Waals surface area contributed by atoms with Crippen LogP contribution < -0.4 is 11.1 Å². The number of primary amides is 1. The highest BCUT2D eigenvalue weighted by Crippen LogP contribution is 2.17. The second-order valence-corrected chi connectivity index (χ2v) is 4.75. The first-order valence-electron chi connectivity index (χ1n) is 6.81. The van der Waals surface area contributed by atoms with Gasteiger partial charge in [0.25, 0.3) is 5.91 Å². The molecule has 0 aliphatic rings. The van der Waals surface area contributed by atoms with Gasteiger partial charge in [-0.15, -0.1) is 0 Å². The number of benzene rings is 1. The maximum Gasteiger partial charge on any atom is 0.252 e. The summed E-state index contributed by atoms with van der Waals surface area (Å²) in [6, 6.07) is 11.7. The second-order valence-electron chi connectivity index (χ2n) is 4.75. The van der Waals surface area contributed by atoms with E-state index in [-0.39, 0.29) is 0 Å². The fraction of sp³-hybridized carbons (Fsp3) is 0.0625. The van der Waals surface area contributed by atoms with E-state index in [4.69, 9.17) is 5.73 Å². The van der Waals surface area contributed by atoms with Crippen molar-refractivity contribution in [1.82, 2.24) is 15.0 Å². The smallest absolute Gasteiger partial charge is 0.252 e. The molecule has 1 aromatic carbocycles. The Kier molecular flexibility index (Phi) is 3.82. The van der Waals surface area contributed by atoms with E-state index in [0.717, 1.165) is 17.1 Å². The van der Waals surface area contributed by atoms with Crippen LogP contribution in [0.15, 0.2) is 55.0 Å². The molecule has 2 heterocycles. The lowest BCUT2D eigenvalue weighted by Gasteiger charge is -2.07. The van der Waals surface area contributed by atoms with Crippen molar-refractivity contribution in [1.29, 1.82) is 0 Å². The second kappa shape index (κ2) is 6.09. The zero-order valence-corrected chi connectivity index (χ0v) is 11.8. The Labute approximate surface area is 127 Å². The standard InChI is InChI=1S/C16H15N5O/c17-16(22)12-8-18-7-6-13(12)19-10-15-20-9-14(21-15)11-4-2-1-3-5-11/h1-9H,10H2,(H2,17,22)(H,18,19)(H,20,21). The average molecular weight is 293 g/mol. The lowest BCUT2D eigenvalue weighted by atomic mass is 10.2. The van der Waals surface area contributed by atoms with Crippen LogP contribution in [0, 0.1) is 0 Å². The van der Waals surface area contributed by atoms with Crippen LogP contribution >= 0.6 is 0 Å². The van der Waals surface area contributed by atoms with Crippen molar-refractivity contribution in [3.05, 3.63) is 66.4 Å². The van der Waals surface area contributed by atoms with Crippen molar-refractivity contribution in [2.45, 2.75) is 6.54 Å². The number of rotatable bonds is 5. The van der Waals surface area contributed by atoms with Crippen LogP contribution in [0.2, 0.25) is 0 Å². The number of nitrogens with two attached hydrogens (primary N) is 1. The molecule has 0 atom stereocenters. The number of nitrogens with one attached hydrogen (secondary N) is 2. The molecule has 3 rings (SSSR count). The summed E-state index contributed by atoms with van der Waals surface area (Å²) < 4.78 is 0.